The van der Waals surface area contributed by atoms with Crippen molar-refractivity contribution in [3.8, 4) is 0 Å². The Morgan fingerprint density at radius 3 is 2.74 bits per heavy atom. The number of hydrogen-bond donors (Lipinski definition) is 2. The van der Waals surface area contributed by atoms with Crippen molar-refractivity contribution in [3.63, 3.8) is 0 Å². The fourth-order valence-corrected chi connectivity index (χ4v) is 4.22. The summed E-state index contributed by atoms with van der Waals surface area (Å²) in [7, 11) is 0. The number of nitrogens with one attached hydrogen (secondary N) is 1. The standard InChI is InChI=1S/C21H33FN4O/c22-19-7-4-6-18(16-19)21(8-2-1-3-9-21)17-25-20(23)24-10-5-11-26-12-14-27-15-13-26/h4,6-7,16H,1-3,5,8-15,17H2,(H3,23,24,25). The van der Waals surface area contributed by atoms with E-state index in [1.807, 2.05) is 6.07 Å². The van der Waals surface area contributed by atoms with Crippen molar-refractivity contribution in [1.29, 1.82) is 0 Å². The molecule has 2 aliphatic rings. The molecule has 0 unspecified atom stereocenters. The Bertz CT molecular complexity index is 610. The Kier molecular flexibility index (Phi) is 7.47. The van der Waals surface area contributed by atoms with Gasteiger partial charge in [0.05, 0.1) is 19.8 Å². The lowest BCUT2D eigenvalue weighted by Crippen LogP contribution is -2.40. The molecule has 1 aromatic carbocycles. The highest BCUT2D eigenvalue weighted by atomic mass is 19.1. The number of hydrogen-bond acceptors (Lipinski definition) is 3. The van der Waals surface area contributed by atoms with Crippen LogP contribution in [0, 0.1) is 5.82 Å². The zero-order valence-corrected chi connectivity index (χ0v) is 16.3. The third-order valence-electron chi connectivity index (χ3n) is 5.86. The zero-order valence-electron chi connectivity index (χ0n) is 16.3. The molecule has 3 rings (SSSR count). The van der Waals surface area contributed by atoms with Crippen molar-refractivity contribution in [2.24, 2.45) is 10.7 Å². The molecule has 1 aliphatic heterocycles. The molecule has 0 atom stereocenters. The third-order valence-corrected chi connectivity index (χ3v) is 5.86. The van der Waals surface area contributed by atoms with E-state index in [-0.39, 0.29) is 11.2 Å². The maximum Gasteiger partial charge on any atom is 0.188 e. The van der Waals surface area contributed by atoms with Crippen molar-refractivity contribution in [1.82, 2.24) is 10.2 Å². The van der Waals surface area contributed by atoms with Crippen LogP contribution in [0.2, 0.25) is 0 Å². The van der Waals surface area contributed by atoms with E-state index < -0.39 is 0 Å². The average Bonchev–Trinajstić information content (AvgIpc) is 2.71. The van der Waals surface area contributed by atoms with Gasteiger partial charge in [-0.25, -0.2) is 4.39 Å². The van der Waals surface area contributed by atoms with E-state index in [1.54, 1.807) is 12.1 Å². The van der Waals surface area contributed by atoms with Gasteiger partial charge >= 0.3 is 0 Å². The van der Waals surface area contributed by atoms with Crippen LogP contribution in [0.15, 0.2) is 29.3 Å². The second-order valence-electron chi connectivity index (χ2n) is 7.79. The summed E-state index contributed by atoms with van der Waals surface area (Å²) in [5.41, 5.74) is 7.09. The van der Waals surface area contributed by atoms with Crippen molar-refractivity contribution < 1.29 is 9.13 Å². The minimum absolute atomic E-state index is 0.0829. The highest BCUT2D eigenvalue weighted by Crippen LogP contribution is 2.39. The molecule has 0 bridgehead atoms. The molecular weight excluding hydrogens is 343 g/mol. The lowest BCUT2D eigenvalue weighted by molar-refractivity contribution is 0.0376. The first-order valence-electron chi connectivity index (χ1n) is 10.3. The summed E-state index contributed by atoms with van der Waals surface area (Å²) in [6, 6.07) is 7.02. The summed E-state index contributed by atoms with van der Waals surface area (Å²) in [5, 5.41) is 3.24. The minimum Gasteiger partial charge on any atom is -0.379 e. The van der Waals surface area contributed by atoms with Crippen molar-refractivity contribution in [2.75, 3.05) is 45.9 Å². The first-order valence-corrected chi connectivity index (χ1v) is 10.3. The van der Waals surface area contributed by atoms with E-state index >= 15 is 0 Å². The number of ether oxygens (including phenoxy) is 1. The largest absolute Gasteiger partial charge is 0.379 e. The van der Waals surface area contributed by atoms with E-state index in [9.17, 15) is 4.39 Å². The first kappa shape index (κ1) is 20.1. The smallest absolute Gasteiger partial charge is 0.188 e. The quantitative estimate of drug-likeness (QED) is 0.436. The number of nitrogens with zero attached hydrogens (tertiary/aromatic N) is 2. The Labute approximate surface area is 162 Å². The van der Waals surface area contributed by atoms with E-state index in [1.165, 1.54) is 25.3 Å². The number of aliphatic imine (C=N–C) groups is 1. The molecule has 27 heavy (non-hydrogen) atoms. The summed E-state index contributed by atoms with van der Waals surface area (Å²) in [6.07, 6.45) is 6.70. The van der Waals surface area contributed by atoms with Gasteiger partial charge in [0.2, 0.25) is 0 Å². The molecule has 2 fully saturated rings. The molecule has 1 saturated heterocycles. The van der Waals surface area contributed by atoms with Gasteiger partial charge in [-0.05, 0) is 43.5 Å². The van der Waals surface area contributed by atoms with Crippen LogP contribution >= 0.6 is 0 Å². The Hall–Kier alpha value is -1.66. The number of halogens is 1. The summed E-state index contributed by atoms with van der Waals surface area (Å²) in [6.45, 7) is 6.19. The lowest BCUT2D eigenvalue weighted by atomic mass is 9.69. The summed E-state index contributed by atoms with van der Waals surface area (Å²) < 4.78 is 19.1. The van der Waals surface area contributed by atoms with Crippen molar-refractivity contribution >= 4 is 5.96 Å². The van der Waals surface area contributed by atoms with Gasteiger partial charge in [0.15, 0.2) is 5.96 Å². The van der Waals surface area contributed by atoms with Crippen LogP contribution in [0.25, 0.3) is 0 Å². The molecule has 0 amide bonds. The number of morpholine rings is 1. The highest BCUT2D eigenvalue weighted by molar-refractivity contribution is 5.77. The van der Waals surface area contributed by atoms with Gasteiger partial charge in [0.1, 0.15) is 5.82 Å². The molecule has 150 valence electrons. The third kappa shape index (κ3) is 5.91. The zero-order chi connectivity index (χ0) is 19.0. The molecule has 1 aliphatic carbocycles. The Balaban J connectivity index is 1.51. The second-order valence-corrected chi connectivity index (χ2v) is 7.79. The van der Waals surface area contributed by atoms with Crippen LogP contribution in [-0.4, -0.2) is 56.8 Å². The maximum atomic E-state index is 13.8. The normalized spacial score (nSPS) is 21.1. The number of rotatable bonds is 7. The maximum absolute atomic E-state index is 13.8. The summed E-state index contributed by atoms with van der Waals surface area (Å²) in [4.78, 5) is 7.05. The van der Waals surface area contributed by atoms with Gasteiger partial charge in [0.25, 0.3) is 0 Å². The predicted octanol–water partition coefficient (Wildman–Crippen LogP) is 2.65. The molecule has 5 nitrogen and oxygen atoms in total. The van der Waals surface area contributed by atoms with Gasteiger partial charge in [-0.3, -0.25) is 9.89 Å². The molecule has 6 heteroatoms. The molecule has 1 heterocycles. The van der Waals surface area contributed by atoms with Crippen LogP contribution in [0.4, 0.5) is 4.39 Å². The average molecular weight is 377 g/mol. The van der Waals surface area contributed by atoms with Gasteiger partial charge in [-0.1, -0.05) is 31.4 Å². The van der Waals surface area contributed by atoms with E-state index in [0.29, 0.717) is 12.5 Å². The Morgan fingerprint density at radius 2 is 2.00 bits per heavy atom. The van der Waals surface area contributed by atoms with Crippen LogP contribution in [0.5, 0.6) is 0 Å². The molecule has 0 spiro atoms. The van der Waals surface area contributed by atoms with E-state index in [0.717, 1.165) is 64.2 Å². The molecule has 1 saturated carbocycles. The molecule has 3 N–H and O–H groups in total. The molecule has 0 radical (unpaired) electrons. The molecular formula is C21H33FN4O. The van der Waals surface area contributed by atoms with E-state index in [4.69, 9.17) is 10.5 Å². The van der Waals surface area contributed by atoms with Gasteiger partial charge in [0, 0.05) is 25.0 Å². The predicted molar refractivity (Wildman–Crippen MR) is 108 cm³/mol. The van der Waals surface area contributed by atoms with Crippen molar-refractivity contribution in [3.05, 3.63) is 35.6 Å². The number of benzene rings is 1. The summed E-state index contributed by atoms with van der Waals surface area (Å²) in [5.74, 6) is 0.328. The topological polar surface area (TPSA) is 62.9 Å². The lowest BCUT2D eigenvalue weighted by Gasteiger charge is -2.36. The van der Waals surface area contributed by atoms with Crippen LogP contribution < -0.4 is 11.1 Å². The summed E-state index contributed by atoms with van der Waals surface area (Å²) >= 11 is 0. The number of guanidine groups is 1. The Morgan fingerprint density at radius 1 is 1.22 bits per heavy atom. The second kappa shape index (κ2) is 10.0. The monoisotopic (exact) mass is 376 g/mol. The van der Waals surface area contributed by atoms with Crippen LogP contribution in [0.3, 0.4) is 0 Å². The van der Waals surface area contributed by atoms with Crippen LogP contribution in [0.1, 0.15) is 44.1 Å². The fraction of sp³-hybridized carbons (Fsp3) is 0.667. The van der Waals surface area contributed by atoms with Gasteiger partial charge in [-0.2, -0.15) is 0 Å². The SMILES string of the molecule is NC(=NCC1(c2cccc(F)c2)CCCCC1)NCCCN1CCOCC1. The van der Waals surface area contributed by atoms with Gasteiger partial charge in [-0.15, -0.1) is 0 Å². The van der Waals surface area contributed by atoms with E-state index in [2.05, 4.69) is 15.2 Å². The fourth-order valence-electron chi connectivity index (χ4n) is 4.22. The molecule has 0 aromatic heterocycles. The highest BCUT2D eigenvalue weighted by Gasteiger charge is 2.34. The molecule has 1 aromatic rings. The number of nitrogens with two attached hydrogens (primary N) is 1. The van der Waals surface area contributed by atoms with Gasteiger partial charge < -0.3 is 15.8 Å². The van der Waals surface area contributed by atoms with Crippen molar-refractivity contribution in [2.45, 2.75) is 43.9 Å². The minimum atomic E-state index is -0.171. The first-order chi connectivity index (χ1) is 13.2. The van der Waals surface area contributed by atoms with Crippen LogP contribution in [-0.2, 0) is 10.2 Å².